The van der Waals surface area contributed by atoms with Gasteiger partial charge in [0.05, 0.1) is 13.0 Å². The van der Waals surface area contributed by atoms with Crippen LogP contribution in [0.4, 0.5) is 0 Å². The Morgan fingerprint density at radius 3 is 2.60 bits per heavy atom. The molecule has 0 aliphatic heterocycles. The number of hydrogen-bond donors (Lipinski definition) is 1. The number of hydrogen-bond acceptors (Lipinski definition) is 3. The number of nitrogens with zero attached hydrogens (tertiary/aromatic N) is 1. The van der Waals surface area contributed by atoms with Gasteiger partial charge in [0.2, 0.25) is 11.8 Å². The van der Waals surface area contributed by atoms with E-state index in [1.54, 1.807) is 21.1 Å². The van der Waals surface area contributed by atoms with Crippen molar-refractivity contribution in [2.45, 2.75) is 13.3 Å². The van der Waals surface area contributed by atoms with Gasteiger partial charge in [0.25, 0.3) is 0 Å². The maximum absolute atomic E-state index is 11.4. The smallest absolute Gasteiger partial charge is 0.226 e. The molecule has 0 spiro atoms. The van der Waals surface area contributed by atoms with Gasteiger partial charge < -0.3 is 15.4 Å². The van der Waals surface area contributed by atoms with Crippen LogP contribution in [0.25, 0.3) is 0 Å². The van der Waals surface area contributed by atoms with E-state index < -0.39 is 5.91 Å². The molecule has 0 bridgehead atoms. The fraction of sp³-hybridized carbons (Fsp3) is 0.700. The van der Waals surface area contributed by atoms with Gasteiger partial charge in [-0.2, -0.15) is 0 Å². The topological polar surface area (TPSA) is 72.6 Å². The maximum Gasteiger partial charge on any atom is 0.226 e. The van der Waals surface area contributed by atoms with Gasteiger partial charge in [-0.05, 0) is 6.42 Å². The summed E-state index contributed by atoms with van der Waals surface area (Å²) in [6, 6.07) is 0. The SMILES string of the molecule is COCCN(C)C(=O)[CH]C[C@H](C)C(N)=O. The summed E-state index contributed by atoms with van der Waals surface area (Å²) in [5, 5.41) is 0. The minimum atomic E-state index is -0.390. The van der Waals surface area contributed by atoms with Gasteiger partial charge in [0.15, 0.2) is 0 Å². The van der Waals surface area contributed by atoms with E-state index in [0.717, 1.165) is 0 Å². The van der Waals surface area contributed by atoms with Crippen LogP contribution in [0, 0.1) is 12.3 Å². The van der Waals surface area contributed by atoms with Crippen molar-refractivity contribution < 1.29 is 14.3 Å². The quantitative estimate of drug-likeness (QED) is 0.639. The molecule has 15 heavy (non-hydrogen) atoms. The third-order valence-electron chi connectivity index (χ3n) is 2.14. The summed E-state index contributed by atoms with van der Waals surface area (Å²) in [6.07, 6.45) is 1.86. The van der Waals surface area contributed by atoms with Gasteiger partial charge >= 0.3 is 0 Å². The first-order chi connectivity index (χ1) is 6.99. The molecule has 1 radical (unpaired) electrons. The van der Waals surface area contributed by atoms with E-state index in [1.807, 2.05) is 0 Å². The first kappa shape index (κ1) is 13.9. The molecule has 0 rings (SSSR count). The normalized spacial score (nSPS) is 12.2. The zero-order valence-electron chi connectivity index (χ0n) is 9.53. The van der Waals surface area contributed by atoms with Gasteiger partial charge in [-0.3, -0.25) is 9.59 Å². The minimum absolute atomic E-state index is 0.111. The number of carbonyl (C=O) groups is 2. The van der Waals surface area contributed by atoms with E-state index in [1.165, 1.54) is 11.3 Å². The van der Waals surface area contributed by atoms with Crippen molar-refractivity contribution in [3.05, 3.63) is 6.42 Å². The molecule has 0 heterocycles. The second kappa shape index (κ2) is 7.23. The van der Waals surface area contributed by atoms with E-state index in [-0.39, 0.29) is 11.8 Å². The molecule has 0 fully saturated rings. The Balaban J connectivity index is 3.77. The van der Waals surface area contributed by atoms with Crippen LogP contribution in [0.15, 0.2) is 0 Å². The fourth-order valence-electron chi connectivity index (χ4n) is 0.888. The van der Waals surface area contributed by atoms with Crippen molar-refractivity contribution in [1.29, 1.82) is 0 Å². The highest BCUT2D eigenvalue weighted by Crippen LogP contribution is 2.05. The van der Waals surface area contributed by atoms with E-state index in [4.69, 9.17) is 10.5 Å². The van der Waals surface area contributed by atoms with E-state index in [2.05, 4.69) is 0 Å². The lowest BCUT2D eigenvalue weighted by molar-refractivity contribution is -0.127. The Labute approximate surface area is 90.6 Å². The average molecular weight is 215 g/mol. The van der Waals surface area contributed by atoms with Gasteiger partial charge in [0, 0.05) is 26.6 Å². The molecule has 0 aliphatic rings. The number of carbonyl (C=O) groups excluding carboxylic acids is 2. The van der Waals surface area contributed by atoms with Crippen molar-refractivity contribution in [3.8, 4) is 0 Å². The summed E-state index contributed by atoms with van der Waals surface area (Å²) < 4.78 is 4.84. The Kier molecular flexibility index (Phi) is 6.70. The molecule has 5 heteroatoms. The van der Waals surface area contributed by atoms with Crippen molar-refractivity contribution in [2.75, 3.05) is 27.3 Å². The first-order valence-electron chi connectivity index (χ1n) is 4.85. The van der Waals surface area contributed by atoms with E-state index in [0.29, 0.717) is 19.6 Å². The molecule has 0 saturated heterocycles. The van der Waals surface area contributed by atoms with Crippen molar-refractivity contribution in [1.82, 2.24) is 4.90 Å². The molecule has 2 amide bonds. The molecular weight excluding hydrogens is 196 g/mol. The van der Waals surface area contributed by atoms with Crippen molar-refractivity contribution in [3.63, 3.8) is 0 Å². The monoisotopic (exact) mass is 215 g/mol. The van der Waals surface area contributed by atoms with Crippen molar-refractivity contribution >= 4 is 11.8 Å². The van der Waals surface area contributed by atoms with Crippen LogP contribution in [-0.4, -0.2) is 44.0 Å². The number of methoxy groups -OCH3 is 1. The number of primary amides is 1. The number of likely N-dealkylation sites (N-methyl/N-ethyl adjacent to an activating group) is 1. The Bertz CT molecular complexity index is 219. The largest absolute Gasteiger partial charge is 0.383 e. The van der Waals surface area contributed by atoms with Gasteiger partial charge in [-0.1, -0.05) is 6.92 Å². The van der Waals surface area contributed by atoms with E-state index in [9.17, 15) is 9.59 Å². The number of ether oxygens (including phenoxy) is 1. The number of nitrogens with two attached hydrogens (primary N) is 1. The molecule has 0 aromatic heterocycles. The molecule has 0 aromatic rings. The maximum atomic E-state index is 11.4. The summed E-state index contributed by atoms with van der Waals surface area (Å²) in [4.78, 5) is 23.7. The summed E-state index contributed by atoms with van der Waals surface area (Å²) in [5.41, 5.74) is 5.07. The summed E-state index contributed by atoms with van der Waals surface area (Å²) >= 11 is 0. The molecule has 5 nitrogen and oxygen atoms in total. The average Bonchev–Trinajstić information content (AvgIpc) is 2.21. The highest BCUT2D eigenvalue weighted by molar-refractivity contribution is 5.85. The molecule has 0 saturated carbocycles. The molecule has 0 aromatic carbocycles. The molecule has 0 unspecified atom stereocenters. The zero-order chi connectivity index (χ0) is 11.8. The summed E-state index contributed by atoms with van der Waals surface area (Å²) in [6.45, 7) is 2.74. The van der Waals surface area contributed by atoms with Gasteiger partial charge in [-0.15, -0.1) is 0 Å². The van der Waals surface area contributed by atoms with Crippen LogP contribution in [0.2, 0.25) is 0 Å². The number of rotatable bonds is 7. The van der Waals surface area contributed by atoms with Crippen LogP contribution < -0.4 is 5.73 Å². The van der Waals surface area contributed by atoms with Crippen LogP contribution in [0.5, 0.6) is 0 Å². The zero-order valence-corrected chi connectivity index (χ0v) is 9.53. The Morgan fingerprint density at radius 2 is 2.13 bits per heavy atom. The molecule has 2 N–H and O–H groups in total. The van der Waals surface area contributed by atoms with Crippen LogP contribution >= 0.6 is 0 Å². The van der Waals surface area contributed by atoms with Gasteiger partial charge in [0.1, 0.15) is 0 Å². The second-order valence-electron chi connectivity index (χ2n) is 3.50. The lowest BCUT2D eigenvalue weighted by atomic mass is 10.0. The highest BCUT2D eigenvalue weighted by Gasteiger charge is 2.14. The number of amides is 2. The minimum Gasteiger partial charge on any atom is -0.383 e. The predicted octanol–water partition coefficient (Wildman–Crippen LogP) is -0.193. The molecule has 87 valence electrons. The second-order valence-corrected chi connectivity index (χ2v) is 3.50. The summed E-state index contributed by atoms with van der Waals surface area (Å²) in [5.74, 6) is -0.802. The third kappa shape index (κ3) is 6.06. The standard InChI is InChI=1S/C10H19N2O3/c1-8(10(11)14)4-5-9(13)12(2)6-7-15-3/h5,8H,4,6-7H2,1-3H3,(H2,11,14)/t8-/m0/s1. The van der Waals surface area contributed by atoms with E-state index >= 15 is 0 Å². The first-order valence-corrected chi connectivity index (χ1v) is 4.85. The Morgan fingerprint density at radius 1 is 1.53 bits per heavy atom. The van der Waals surface area contributed by atoms with Crippen LogP contribution in [0.1, 0.15) is 13.3 Å². The fourth-order valence-corrected chi connectivity index (χ4v) is 0.888. The molecule has 1 atom stereocenters. The molecule has 0 aliphatic carbocycles. The third-order valence-corrected chi connectivity index (χ3v) is 2.14. The van der Waals surface area contributed by atoms with Crippen molar-refractivity contribution in [2.24, 2.45) is 11.7 Å². The lowest BCUT2D eigenvalue weighted by Crippen LogP contribution is -2.31. The molecular formula is C10H19N2O3. The van der Waals surface area contributed by atoms with Crippen LogP contribution in [-0.2, 0) is 14.3 Å². The lowest BCUT2D eigenvalue weighted by Gasteiger charge is -2.16. The highest BCUT2D eigenvalue weighted by atomic mass is 16.5. The van der Waals surface area contributed by atoms with Crippen LogP contribution in [0.3, 0.4) is 0 Å². The summed E-state index contributed by atoms with van der Waals surface area (Å²) in [7, 11) is 3.27. The van der Waals surface area contributed by atoms with Gasteiger partial charge in [-0.25, -0.2) is 0 Å². The predicted molar refractivity (Wildman–Crippen MR) is 56.8 cm³/mol. The Hall–Kier alpha value is -1.10.